The number of carbonyl (C=O) groups excluding carboxylic acids is 4. The smallest absolute Gasteiger partial charge is 0.338 e. The maximum absolute atomic E-state index is 14.0. The highest BCUT2D eigenvalue weighted by Gasteiger charge is 2.61. The van der Waals surface area contributed by atoms with Crippen molar-refractivity contribution in [3.05, 3.63) is 125 Å². The summed E-state index contributed by atoms with van der Waals surface area (Å²) in [6.07, 6.45) is 0. The van der Waals surface area contributed by atoms with Crippen molar-refractivity contribution in [2.75, 3.05) is 23.4 Å². The maximum atomic E-state index is 14.0. The molecular formula is C35H28N2O6. The molecule has 1 heterocycles. The molecule has 1 aliphatic heterocycles. The average Bonchev–Trinajstić information content (AvgIpc) is 3.31. The van der Waals surface area contributed by atoms with Crippen molar-refractivity contribution in [2.24, 2.45) is 11.8 Å². The molecule has 214 valence electrons. The Morgan fingerprint density at radius 1 is 0.744 bits per heavy atom. The predicted octanol–water partition coefficient (Wildman–Crippen LogP) is 5.28. The Hall–Kier alpha value is -5.24. The topological polar surface area (TPSA) is 102 Å². The molecule has 4 aromatic carbocycles. The molecular weight excluding hydrogens is 544 g/mol. The van der Waals surface area contributed by atoms with E-state index in [0.29, 0.717) is 23.7 Å². The van der Waals surface area contributed by atoms with Crippen molar-refractivity contribution < 1.29 is 28.7 Å². The molecule has 0 aromatic heterocycles. The van der Waals surface area contributed by atoms with Crippen LogP contribution in [-0.2, 0) is 19.1 Å². The number of nitrogens with zero attached hydrogens (tertiary/aromatic N) is 1. The van der Waals surface area contributed by atoms with Crippen LogP contribution < -0.4 is 15.0 Å². The quantitative estimate of drug-likeness (QED) is 0.239. The average molecular weight is 573 g/mol. The first kappa shape index (κ1) is 26.6. The molecule has 0 saturated carbocycles. The number of hydrogen-bond acceptors (Lipinski definition) is 6. The van der Waals surface area contributed by atoms with E-state index in [9.17, 15) is 19.2 Å². The van der Waals surface area contributed by atoms with Gasteiger partial charge in [0.2, 0.25) is 11.8 Å². The first-order valence-corrected chi connectivity index (χ1v) is 14.3. The number of anilines is 2. The molecule has 43 heavy (non-hydrogen) atoms. The Morgan fingerprint density at radius 3 is 1.84 bits per heavy atom. The SMILES string of the molecule is CCOc1ccc(NC(=O)COC(=O)c2cccc(N3C(=O)[C@@H]4C5c6ccccc6C(c6ccccc65)[C@@H]4C3=O)c2)cc1. The van der Waals surface area contributed by atoms with Crippen LogP contribution in [0, 0.1) is 11.8 Å². The van der Waals surface area contributed by atoms with Gasteiger partial charge in [-0.3, -0.25) is 14.4 Å². The van der Waals surface area contributed by atoms with E-state index in [0.717, 1.165) is 22.3 Å². The molecule has 3 aliphatic carbocycles. The van der Waals surface area contributed by atoms with Gasteiger partial charge < -0.3 is 14.8 Å². The second-order valence-corrected chi connectivity index (χ2v) is 10.9. The van der Waals surface area contributed by atoms with Gasteiger partial charge in [0, 0.05) is 17.5 Å². The van der Waals surface area contributed by atoms with Crippen LogP contribution in [0.5, 0.6) is 5.75 Å². The van der Waals surface area contributed by atoms with Crippen LogP contribution in [0.3, 0.4) is 0 Å². The molecule has 1 saturated heterocycles. The third kappa shape index (κ3) is 4.37. The van der Waals surface area contributed by atoms with E-state index < -0.39 is 30.3 Å². The first-order valence-electron chi connectivity index (χ1n) is 14.3. The monoisotopic (exact) mass is 572 g/mol. The Morgan fingerprint density at radius 2 is 1.30 bits per heavy atom. The fourth-order valence-corrected chi connectivity index (χ4v) is 6.92. The summed E-state index contributed by atoms with van der Waals surface area (Å²) in [5.74, 6) is -2.58. The van der Waals surface area contributed by atoms with Gasteiger partial charge in [-0.05, 0) is 71.6 Å². The van der Waals surface area contributed by atoms with E-state index in [-0.39, 0.29) is 29.2 Å². The first-order chi connectivity index (χ1) is 21.0. The normalized spacial score (nSPS) is 21.1. The summed E-state index contributed by atoms with van der Waals surface area (Å²) in [7, 11) is 0. The second kappa shape index (κ2) is 10.5. The highest BCUT2D eigenvalue weighted by Crippen LogP contribution is 2.61. The minimum atomic E-state index is -0.736. The Labute approximate surface area is 248 Å². The third-order valence-corrected chi connectivity index (χ3v) is 8.57. The fraction of sp³-hybridized carbons (Fsp3) is 0.200. The fourth-order valence-electron chi connectivity index (χ4n) is 6.92. The Kier molecular flexibility index (Phi) is 6.54. The van der Waals surface area contributed by atoms with Crippen LogP contribution in [0.15, 0.2) is 97.1 Å². The molecule has 2 bridgehead atoms. The van der Waals surface area contributed by atoms with Crippen molar-refractivity contribution in [3.8, 4) is 5.75 Å². The molecule has 8 rings (SSSR count). The number of esters is 1. The lowest BCUT2D eigenvalue weighted by molar-refractivity contribution is -0.122. The van der Waals surface area contributed by atoms with Gasteiger partial charge in [-0.1, -0.05) is 54.6 Å². The van der Waals surface area contributed by atoms with Gasteiger partial charge in [0.15, 0.2) is 6.61 Å². The third-order valence-electron chi connectivity index (χ3n) is 8.57. The minimum Gasteiger partial charge on any atom is -0.494 e. The lowest BCUT2D eigenvalue weighted by Gasteiger charge is -2.45. The summed E-state index contributed by atoms with van der Waals surface area (Å²) < 4.78 is 10.7. The van der Waals surface area contributed by atoms with Crippen molar-refractivity contribution in [2.45, 2.75) is 18.8 Å². The molecule has 4 aliphatic rings. The number of ether oxygens (including phenoxy) is 2. The molecule has 0 radical (unpaired) electrons. The highest BCUT2D eigenvalue weighted by atomic mass is 16.5. The van der Waals surface area contributed by atoms with Gasteiger partial charge >= 0.3 is 5.97 Å². The van der Waals surface area contributed by atoms with E-state index in [1.54, 1.807) is 36.4 Å². The van der Waals surface area contributed by atoms with Crippen LogP contribution in [-0.4, -0.2) is 36.9 Å². The van der Waals surface area contributed by atoms with Gasteiger partial charge in [0.1, 0.15) is 5.75 Å². The zero-order valence-corrected chi connectivity index (χ0v) is 23.4. The van der Waals surface area contributed by atoms with Gasteiger partial charge in [-0.15, -0.1) is 0 Å². The molecule has 1 fully saturated rings. The summed E-state index contributed by atoms with van der Waals surface area (Å²) >= 11 is 0. The molecule has 8 nitrogen and oxygen atoms in total. The van der Waals surface area contributed by atoms with Crippen molar-refractivity contribution >= 4 is 35.1 Å². The molecule has 8 heteroatoms. The van der Waals surface area contributed by atoms with Crippen LogP contribution in [0.4, 0.5) is 11.4 Å². The molecule has 3 amide bonds. The summed E-state index contributed by atoms with van der Waals surface area (Å²) in [5, 5.41) is 2.67. The van der Waals surface area contributed by atoms with Crippen LogP contribution in [0.25, 0.3) is 0 Å². The summed E-state index contributed by atoms with van der Waals surface area (Å²) in [6, 6.07) is 29.2. The molecule has 0 spiro atoms. The number of amides is 3. The Bertz CT molecular complexity index is 1670. The summed E-state index contributed by atoms with van der Waals surface area (Å²) in [4.78, 5) is 54.6. The number of hydrogen-bond donors (Lipinski definition) is 1. The molecule has 0 unspecified atom stereocenters. The van der Waals surface area contributed by atoms with E-state index in [1.807, 2.05) is 31.2 Å². The van der Waals surface area contributed by atoms with Crippen molar-refractivity contribution in [1.82, 2.24) is 0 Å². The summed E-state index contributed by atoms with van der Waals surface area (Å²) in [6.45, 7) is 1.92. The number of carbonyl (C=O) groups is 4. The molecule has 4 aromatic rings. The zero-order valence-electron chi connectivity index (χ0n) is 23.4. The molecule has 2 atom stereocenters. The number of benzene rings is 4. The van der Waals surface area contributed by atoms with Crippen molar-refractivity contribution in [1.29, 1.82) is 0 Å². The van der Waals surface area contributed by atoms with Crippen molar-refractivity contribution in [3.63, 3.8) is 0 Å². The van der Waals surface area contributed by atoms with E-state index >= 15 is 0 Å². The number of rotatable bonds is 7. The van der Waals surface area contributed by atoms with E-state index in [4.69, 9.17) is 9.47 Å². The van der Waals surface area contributed by atoms with E-state index in [1.165, 1.54) is 17.0 Å². The van der Waals surface area contributed by atoms with Crippen LogP contribution >= 0.6 is 0 Å². The van der Waals surface area contributed by atoms with Crippen LogP contribution in [0.2, 0.25) is 0 Å². The number of nitrogens with one attached hydrogen (secondary N) is 1. The van der Waals surface area contributed by atoms with Gasteiger partial charge in [-0.2, -0.15) is 0 Å². The number of imide groups is 1. The van der Waals surface area contributed by atoms with E-state index in [2.05, 4.69) is 29.6 Å². The highest BCUT2D eigenvalue weighted by molar-refractivity contribution is 6.23. The van der Waals surface area contributed by atoms with Gasteiger partial charge in [0.05, 0.1) is 29.7 Å². The minimum absolute atomic E-state index is 0.136. The zero-order chi connectivity index (χ0) is 29.7. The Balaban J connectivity index is 1.09. The lowest BCUT2D eigenvalue weighted by atomic mass is 9.55. The predicted molar refractivity (Wildman–Crippen MR) is 159 cm³/mol. The largest absolute Gasteiger partial charge is 0.494 e. The summed E-state index contributed by atoms with van der Waals surface area (Å²) in [5.41, 5.74) is 5.36. The van der Waals surface area contributed by atoms with Gasteiger partial charge in [-0.25, -0.2) is 9.69 Å². The maximum Gasteiger partial charge on any atom is 0.338 e. The van der Waals surface area contributed by atoms with Crippen LogP contribution in [0.1, 0.15) is 51.4 Å². The van der Waals surface area contributed by atoms with Gasteiger partial charge in [0.25, 0.3) is 5.91 Å². The molecule has 1 N–H and O–H groups in total. The standard InChI is InChI=1S/C35H28N2O6/c1-2-42-23-16-14-21(15-17-23)36-28(38)19-43-35(41)20-8-7-9-22(18-20)37-33(39)31-29-24-10-3-4-11-25(24)30(32(31)34(37)40)27-13-6-5-12-26(27)29/h3-18,29-32H,2,19H2,1H3,(H,36,38)/t29?,30?,31-,32+. The lowest BCUT2D eigenvalue weighted by Crippen LogP contribution is -2.41. The second-order valence-electron chi connectivity index (χ2n) is 10.9.